The van der Waals surface area contributed by atoms with Crippen LogP contribution in [0.5, 0.6) is 11.5 Å². The van der Waals surface area contributed by atoms with Gasteiger partial charge < -0.3 is 19.9 Å². The molecule has 2 N–H and O–H groups in total. The molecule has 0 heterocycles. The van der Waals surface area contributed by atoms with Crippen LogP contribution in [-0.2, 0) is 16.0 Å². The molecular weight excluding hydrogens is 310 g/mol. The van der Waals surface area contributed by atoms with E-state index in [2.05, 4.69) is 12.2 Å². The molecule has 0 spiro atoms. The third-order valence-electron chi connectivity index (χ3n) is 3.62. The van der Waals surface area contributed by atoms with Gasteiger partial charge >= 0.3 is 5.97 Å². The van der Waals surface area contributed by atoms with E-state index in [1.165, 1.54) is 6.92 Å². The number of benzene rings is 1. The van der Waals surface area contributed by atoms with E-state index in [1.54, 1.807) is 25.3 Å². The number of rotatable bonds is 11. The number of carbonyl (C=O) groups is 2. The number of nitrogens with one attached hydrogen (secondary N) is 1. The van der Waals surface area contributed by atoms with Crippen molar-refractivity contribution in [2.24, 2.45) is 0 Å². The number of para-hydroxylation sites is 1. The molecule has 0 saturated carbocycles. The van der Waals surface area contributed by atoms with Gasteiger partial charge in [-0.3, -0.25) is 4.79 Å². The van der Waals surface area contributed by atoms with Gasteiger partial charge in [-0.05, 0) is 12.5 Å². The summed E-state index contributed by atoms with van der Waals surface area (Å²) in [7, 11) is 1.55. The predicted octanol–water partition coefficient (Wildman–Crippen LogP) is 2.79. The minimum atomic E-state index is -1.08. The van der Waals surface area contributed by atoms with Gasteiger partial charge in [0, 0.05) is 18.9 Å². The van der Waals surface area contributed by atoms with Gasteiger partial charge in [-0.1, -0.05) is 38.3 Å². The first-order valence-electron chi connectivity index (χ1n) is 8.28. The molecule has 6 heteroatoms. The van der Waals surface area contributed by atoms with Crippen LogP contribution in [0.3, 0.4) is 0 Å². The smallest absolute Gasteiger partial charge is 0.326 e. The zero-order valence-electron chi connectivity index (χ0n) is 14.6. The van der Waals surface area contributed by atoms with E-state index < -0.39 is 12.0 Å². The first kappa shape index (κ1) is 19.8. The Labute approximate surface area is 143 Å². The topological polar surface area (TPSA) is 84.9 Å². The van der Waals surface area contributed by atoms with Crippen LogP contribution in [-0.4, -0.2) is 36.7 Å². The van der Waals surface area contributed by atoms with Crippen molar-refractivity contribution in [3.63, 3.8) is 0 Å². The average Bonchev–Trinajstić information content (AvgIpc) is 2.54. The Bertz CT molecular complexity index is 544. The van der Waals surface area contributed by atoms with Crippen LogP contribution in [0.25, 0.3) is 0 Å². The second-order valence-corrected chi connectivity index (χ2v) is 5.65. The largest absolute Gasteiger partial charge is 0.493 e. The SMILES string of the molecule is CCCCCCOc1c(CC(NC(C)=O)C(=O)O)cccc1OC. The molecule has 0 fully saturated rings. The zero-order valence-corrected chi connectivity index (χ0v) is 14.6. The standard InChI is InChI=1S/C18H27NO5/c1-4-5-6-7-11-24-17-14(9-8-10-16(17)23-3)12-15(18(21)22)19-13(2)20/h8-10,15H,4-7,11-12H2,1-3H3,(H,19,20)(H,21,22). The highest BCUT2D eigenvalue weighted by Gasteiger charge is 2.22. The highest BCUT2D eigenvalue weighted by molar-refractivity contribution is 5.82. The summed E-state index contributed by atoms with van der Waals surface area (Å²) in [5.74, 6) is -0.350. The number of unbranched alkanes of at least 4 members (excludes halogenated alkanes) is 3. The fraction of sp³-hybridized carbons (Fsp3) is 0.556. The first-order chi connectivity index (χ1) is 11.5. The van der Waals surface area contributed by atoms with Crippen LogP contribution in [0.15, 0.2) is 18.2 Å². The summed E-state index contributed by atoms with van der Waals surface area (Å²) in [6.45, 7) is 3.99. The summed E-state index contributed by atoms with van der Waals surface area (Å²) < 4.78 is 11.2. The van der Waals surface area contributed by atoms with Crippen molar-refractivity contribution in [3.8, 4) is 11.5 Å². The predicted molar refractivity (Wildman–Crippen MR) is 91.6 cm³/mol. The van der Waals surface area contributed by atoms with Crippen molar-refractivity contribution in [3.05, 3.63) is 23.8 Å². The van der Waals surface area contributed by atoms with E-state index in [-0.39, 0.29) is 12.3 Å². The van der Waals surface area contributed by atoms with E-state index in [9.17, 15) is 14.7 Å². The lowest BCUT2D eigenvalue weighted by Crippen LogP contribution is -2.41. The Kier molecular flexibility index (Phi) is 8.68. The lowest BCUT2D eigenvalue weighted by molar-refractivity contribution is -0.141. The van der Waals surface area contributed by atoms with Crippen molar-refractivity contribution in [2.45, 2.75) is 52.0 Å². The summed E-state index contributed by atoms with van der Waals surface area (Å²) in [6, 6.07) is 4.35. The number of aliphatic carboxylic acids is 1. The second kappa shape index (κ2) is 10.5. The average molecular weight is 337 g/mol. The van der Waals surface area contributed by atoms with Gasteiger partial charge in [0.25, 0.3) is 0 Å². The van der Waals surface area contributed by atoms with Crippen LogP contribution in [0, 0.1) is 0 Å². The fourth-order valence-corrected chi connectivity index (χ4v) is 2.42. The maximum atomic E-state index is 11.4. The number of carboxylic acids is 1. The van der Waals surface area contributed by atoms with Crippen LogP contribution >= 0.6 is 0 Å². The summed E-state index contributed by atoms with van der Waals surface area (Å²) >= 11 is 0. The normalized spacial score (nSPS) is 11.6. The highest BCUT2D eigenvalue weighted by atomic mass is 16.5. The molecule has 134 valence electrons. The van der Waals surface area contributed by atoms with E-state index >= 15 is 0 Å². The Morgan fingerprint density at radius 1 is 1.25 bits per heavy atom. The molecule has 0 aliphatic rings. The second-order valence-electron chi connectivity index (χ2n) is 5.65. The van der Waals surface area contributed by atoms with Crippen molar-refractivity contribution in [1.82, 2.24) is 5.32 Å². The van der Waals surface area contributed by atoms with E-state index in [0.29, 0.717) is 23.7 Å². The highest BCUT2D eigenvalue weighted by Crippen LogP contribution is 2.32. The molecule has 0 saturated heterocycles. The Balaban J connectivity index is 2.87. The van der Waals surface area contributed by atoms with E-state index in [0.717, 1.165) is 25.7 Å². The van der Waals surface area contributed by atoms with Gasteiger partial charge in [0.2, 0.25) is 5.91 Å². The minimum Gasteiger partial charge on any atom is -0.493 e. The Morgan fingerprint density at radius 3 is 2.58 bits per heavy atom. The number of hydrogen-bond acceptors (Lipinski definition) is 4. The van der Waals surface area contributed by atoms with Gasteiger partial charge in [-0.15, -0.1) is 0 Å². The number of hydrogen-bond donors (Lipinski definition) is 2. The Hall–Kier alpha value is -2.24. The maximum Gasteiger partial charge on any atom is 0.326 e. The number of ether oxygens (including phenoxy) is 2. The molecule has 1 atom stereocenters. The van der Waals surface area contributed by atoms with Crippen LogP contribution in [0.2, 0.25) is 0 Å². The molecule has 6 nitrogen and oxygen atoms in total. The monoisotopic (exact) mass is 337 g/mol. The molecule has 1 aromatic rings. The molecule has 0 aromatic heterocycles. The molecule has 0 aliphatic heterocycles. The number of carbonyl (C=O) groups excluding carboxylic acids is 1. The molecule has 1 amide bonds. The summed E-state index contributed by atoms with van der Waals surface area (Å²) in [5.41, 5.74) is 0.700. The molecule has 0 aliphatic carbocycles. The quantitative estimate of drug-likeness (QED) is 0.607. The summed E-state index contributed by atoms with van der Waals surface area (Å²) in [5, 5.41) is 11.7. The first-order valence-corrected chi connectivity index (χ1v) is 8.28. The van der Waals surface area contributed by atoms with Gasteiger partial charge in [0.1, 0.15) is 6.04 Å². The number of carboxylic acid groups (broad SMARTS) is 1. The van der Waals surface area contributed by atoms with Crippen molar-refractivity contribution in [2.75, 3.05) is 13.7 Å². The summed E-state index contributed by atoms with van der Waals surface area (Å²) in [6.07, 6.45) is 4.46. The molecule has 1 aromatic carbocycles. The maximum absolute atomic E-state index is 11.4. The molecule has 1 rings (SSSR count). The fourth-order valence-electron chi connectivity index (χ4n) is 2.42. The van der Waals surface area contributed by atoms with Crippen molar-refractivity contribution in [1.29, 1.82) is 0 Å². The molecular formula is C18H27NO5. The minimum absolute atomic E-state index is 0.135. The van der Waals surface area contributed by atoms with Gasteiger partial charge in [0.05, 0.1) is 13.7 Å². The molecule has 1 unspecified atom stereocenters. The van der Waals surface area contributed by atoms with Crippen molar-refractivity contribution >= 4 is 11.9 Å². The van der Waals surface area contributed by atoms with Crippen LogP contribution in [0.1, 0.15) is 45.1 Å². The van der Waals surface area contributed by atoms with Crippen LogP contribution in [0.4, 0.5) is 0 Å². The summed E-state index contributed by atoms with van der Waals surface area (Å²) in [4.78, 5) is 22.5. The van der Waals surface area contributed by atoms with Gasteiger partial charge in [-0.25, -0.2) is 4.79 Å². The number of amides is 1. The van der Waals surface area contributed by atoms with Crippen molar-refractivity contribution < 1.29 is 24.2 Å². The Morgan fingerprint density at radius 2 is 2.00 bits per heavy atom. The molecule has 24 heavy (non-hydrogen) atoms. The van der Waals surface area contributed by atoms with Gasteiger partial charge in [0.15, 0.2) is 11.5 Å². The van der Waals surface area contributed by atoms with E-state index in [1.807, 2.05) is 0 Å². The van der Waals surface area contributed by atoms with Gasteiger partial charge in [-0.2, -0.15) is 0 Å². The molecule has 0 radical (unpaired) electrons. The van der Waals surface area contributed by atoms with Crippen LogP contribution < -0.4 is 14.8 Å². The third-order valence-corrected chi connectivity index (χ3v) is 3.62. The number of methoxy groups -OCH3 is 1. The zero-order chi connectivity index (χ0) is 17.9. The van der Waals surface area contributed by atoms with E-state index in [4.69, 9.17) is 9.47 Å². The molecule has 0 bridgehead atoms. The third kappa shape index (κ3) is 6.48. The lowest BCUT2D eigenvalue weighted by Gasteiger charge is -2.18. The lowest BCUT2D eigenvalue weighted by atomic mass is 10.0.